The van der Waals surface area contributed by atoms with Gasteiger partial charge in [-0.25, -0.2) is 0 Å². The van der Waals surface area contributed by atoms with Gasteiger partial charge in [0.2, 0.25) is 0 Å². The molecule has 1 heterocycles. The molecular weight excluding hydrogens is 252 g/mol. The number of aryl methyl sites for hydroxylation is 1. The largest absolute Gasteiger partial charge is 0.304 e. The van der Waals surface area contributed by atoms with Gasteiger partial charge in [0.1, 0.15) is 9.10 Å². The lowest BCUT2D eigenvalue weighted by atomic mass is 10.5. The summed E-state index contributed by atoms with van der Waals surface area (Å²) in [7, 11) is -8.86. The van der Waals surface area contributed by atoms with Gasteiger partial charge in [0.05, 0.1) is 0 Å². The van der Waals surface area contributed by atoms with Crippen LogP contribution in [0.5, 0.6) is 0 Å². The highest BCUT2D eigenvalue weighted by molar-refractivity contribution is 7.88. The number of hydrogen-bond donors (Lipinski definition) is 2. The maximum absolute atomic E-state index is 10.7. The summed E-state index contributed by atoms with van der Waals surface area (Å²) >= 11 is 0.571. The Balaban J connectivity index is 3.49. The van der Waals surface area contributed by atoms with Gasteiger partial charge in [-0.1, -0.05) is 0 Å². The Morgan fingerprint density at radius 2 is 1.64 bits per heavy atom. The van der Waals surface area contributed by atoms with Crippen LogP contribution in [-0.2, 0) is 20.2 Å². The lowest BCUT2D eigenvalue weighted by Gasteiger charge is -1.90. The van der Waals surface area contributed by atoms with Crippen molar-refractivity contribution in [2.45, 2.75) is 16.0 Å². The van der Waals surface area contributed by atoms with Gasteiger partial charge in [-0.3, -0.25) is 9.11 Å². The van der Waals surface area contributed by atoms with E-state index in [1.54, 1.807) is 0 Å². The average molecular weight is 258 g/mol. The third-order valence-corrected chi connectivity index (χ3v) is 4.84. The molecule has 0 bridgehead atoms. The van der Waals surface area contributed by atoms with E-state index in [0.29, 0.717) is 17.4 Å². The molecule has 0 radical (unpaired) electrons. The lowest BCUT2D eigenvalue weighted by Crippen LogP contribution is -1.98. The molecule has 0 aliphatic rings. The van der Waals surface area contributed by atoms with Crippen molar-refractivity contribution < 1.29 is 25.9 Å². The van der Waals surface area contributed by atoms with E-state index in [0.717, 1.165) is 0 Å². The molecule has 9 heteroatoms. The van der Waals surface area contributed by atoms with Gasteiger partial charge >= 0.3 is 10.1 Å². The summed E-state index contributed by atoms with van der Waals surface area (Å²) in [4.78, 5) is -0.407. The average Bonchev–Trinajstić information content (AvgIpc) is 2.27. The van der Waals surface area contributed by atoms with Crippen molar-refractivity contribution in [1.29, 1.82) is 0 Å². The Kier molecular flexibility index (Phi) is 2.71. The van der Waals surface area contributed by atoms with E-state index in [2.05, 4.69) is 0 Å². The highest BCUT2D eigenvalue weighted by Crippen LogP contribution is 2.28. The molecule has 6 nitrogen and oxygen atoms in total. The first-order chi connectivity index (χ1) is 6.12. The van der Waals surface area contributed by atoms with Crippen molar-refractivity contribution in [3.63, 3.8) is 0 Å². The SMILES string of the molecule is Cc1sc(S(=O)(=O)O)cc1S(=O)(=O)O. The highest BCUT2D eigenvalue weighted by atomic mass is 32.3. The topological polar surface area (TPSA) is 109 Å². The minimum atomic E-state index is -4.44. The van der Waals surface area contributed by atoms with Crippen LogP contribution < -0.4 is 0 Å². The molecule has 1 rings (SSSR count). The lowest BCUT2D eigenvalue weighted by molar-refractivity contribution is 0.483. The minimum absolute atomic E-state index is 0.0973. The van der Waals surface area contributed by atoms with Crippen molar-refractivity contribution >= 4 is 31.6 Å². The minimum Gasteiger partial charge on any atom is -0.282 e. The van der Waals surface area contributed by atoms with E-state index in [1.807, 2.05) is 0 Å². The van der Waals surface area contributed by atoms with Gasteiger partial charge in [0.15, 0.2) is 0 Å². The predicted molar refractivity (Wildman–Crippen MR) is 48.7 cm³/mol. The smallest absolute Gasteiger partial charge is 0.282 e. The van der Waals surface area contributed by atoms with Crippen molar-refractivity contribution in [3.8, 4) is 0 Å². The Morgan fingerprint density at radius 1 is 1.14 bits per heavy atom. The van der Waals surface area contributed by atoms with Gasteiger partial charge in [0.25, 0.3) is 10.1 Å². The summed E-state index contributed by atoms with van der Waals surface area (Å²) < 4.78 is 59.3. The van der Waals surface area contributed by atoms with Crippen molar-refractivity contribution in [2.75, 3.05) is 0 Å². The molecule has 0 unspecified atom stereocenters. The molecule has 1 aromatic rings. The van der Waals surface area contributed by atoms with Crippen LogP contribution in [0, 0.1) is 6.92 Å². The number of rotatable bonds is 2. The summed E-state index contributed by atoms with van der Waals surface area (Å²) in [5.41, 5.74) is 0. The van der Waals surface area contributed by atoms with E-state index < -0.39 is 29.3 Å². The molecule has 1 aromatic heterocycles. The first kappa shape index (κ1) is 11.6. The Morgan fingerprint density at radius 3 is 1.86 bits per heavy atom. The van der Waals surface area contributed by atoms with E-state index in [4.69, 9.17) is 9.11 Å². The molecule has 0 saturated heterocycles. The third-order valence-electron chi connectivity index (χ3n) is 1.38. The second-order valence-corrected chi connectivity index (χ2v) is 6.73. The van der Waals surface area contributed by atoms with Crippen molar-refractivity contribution in [2.24, 2.45) is 0 Å². The van der Waals surface area contributed by atoms with Gasteiger partial charge in [-0.2, -0.15) is 16.8 Å². The number of thiophene rings is 1. The zero-order valence-corrected chi connectivity index (χ0v) is 9.28. The normalized spacial score (nSPS) is 13.1. The van der Waals surface area contributed by atoms with Gasteiger partial charge in [-0.05, 0) is 13.0 Å². The zero-order chi connectivity index (χ0) is 11.1. The molecule has 0 aliphatic heterocycles. The van der Waals surface area contributed by atoms with Gasteiger partial charge in [-0.15, -0.1) is 11.3 Å². The fourth-order valence-electron chi connectivity index (χ4n) is 0.823. The number of hydrogen-bond acceptors (Lipinski definition) is 5. The van der Waals surface area contributed by atoms with Gasteiger partial charge < -0.3 is 0 Å². The van der Waals surface area contributed by atoms with Crippen molar-refractivity contribution in [1.82, 2.24) is 0 Å². The predicted octanol–water partition coefficient (Wildman–Crippen LogP) is 0.550. The maximum atomic E-state index is 10.7. The fourth-order valence-corrected chi connectivity index (χ4v) is 3.74. The van der Waals surface area contributed by atoms with Crippen LogP contribution >= 0.6 is 11.3 Å². The Bertz CT molecular complexity index is 548. The molecule has 14 heavy (non-hydrogen) atoms. The second-order valence-electron chi connectivity index (χ2n) is 2.44. The van der Waals surface area contributed by atoms with Crippen molar-refractivity contribution in [3.05, 3.63) is 10.9 Å². The molecule has 0 amide bonds. The van der Waals surface area contributed by atoms with E-state index in [9.17, 15) is 16.8 Å². The van der Waals surface area contributed by atoms with Crippen LogP contribution in [0.3, 0.4) is 0 Å². The molecular formula is C5H6O6S3. The standard InChI is InChI=1S/C5H6O6S3/c1-3-4(13(6,7)8)2-5(12-3)14(9,10)11/h2H,1H3,(H,6,7,8)(H,9,10,11). The van der Waals surface area contributed by atoms with E-state index >= 15 is 0 Å². The molecule has 2 N–H and O–H groups in total. The first-order valence-electron chi connectivity index (χ1n) is 3.18. The molecule has 0 spiro atoms. The Hall–Kier alpha value is -0.480. The maximum Gasteiger partial charge on any atom is 0.304 e. The summed E-state index contributed by atoms with van der Waals surface area (Å²) in [6.45, 7) is 1.32. The van der Waals surface area contributed by atoms with Crippen LogP contribution in [0.1, 0.15) is 4.88 Å². The van der Waals surface area contributed by atoms with Crippen LogP contribution in [-0.4, -0.2) is 25.9 Å². The summed E-state index contributed by atoms with van der Waals surface area (Å²) in [5.74, 6) is 0. The summed E-state index contributed by atoms with van der Waals surface area (Å²) in [5, 5.41) is 0. The molecule has 0 aromatic carbocycles. The second kappa shape index (κ2) is 3.28. The fraction of sp³-hybridized carbons (Fsp3) is 0.200. The quantitative estimate of drug-likeness (QED) is 0.750. The van der Waals surface area contributed by atoms with Crippen LogP contribution in [0.25, 0.3) is 0 Å². The molecule has 0 fully saturated rings. The molecule has 0 aliphatic carbocycles. The van der Waals surface area contributed by atoms with Crippen LogP contribution in [0.15, 0.2) is 15.2 Å². The van der Waals surface area contributed by atoms with Gasteiger partial charge in [0, 0.05) is 4.88 Å². The van der Waals surface area contributed by atoms with Crippen LogP contribution in [0.4, 0.5) is 0 Å². The van der Waals surface area contributed by atoms with E-state index in [-0.39, 0.29) is 4.88 Å². The summed E-state index contributed by atoms with van der Waals surface area (Å²) in [6.07, 6.45) is 0. The molecule has 0 saturated carbocycles. The third kappa shape index (κ3) is 2.30. The van der Waals surface area contributed by atoms with Crippen LogP contribution in [0.2, 0.25) is 0 Å². The first-order valence-corrected chi connectivity index (χ1v) is 6.87. The van der Waals surface area contributed by atoms with E-state index in [1.165, 1.54) is 6.92 Å². The molecule has 80 valence electrons. The Labute approximate surface area is 84.7 Å². The zero-order valence-electron chi connectivity index (χ0n) is 6.83. The molecule has 0 atom stereocenters. The highest BCUT2D eigenvalue weighted by Gasteiger charge is 2.22. The summed E-state index contributed by atoms with van der Waals surface area (Å²) in [6, 6.07) is 0.713. The monoisotopic (exact) mass is 258 g/mol.